The van der Waals surface area contributed by atoms with Gasteiger partial charge in [0.2, 0.25) is 0 Å². The predicted molar refractivity (Wildman–Crippen MR) is 61.0 cm³/mol. The molecule has 0 amide bonds. The van der Waals surface area contributed by atoms with Crippen molar-refractivity contribution in [1.29, 1.82) is 0 Å². The summed E-state index contributed by atoms with van der Waals surface area (Å²) in [7, 11) is 0. The van der Waals surface area contributed by atoms with E-state index < -0.39 is 0 Å². The van der Waals surface area contributed by atoms with Gasteiger partial charge in [-0.25, -0.2) is 0 Å². The summed E-state index contributed by atoms with van der Waals surface area (Å²) < 4.78 is 0. The molecule has 3 N–H and O–H groups in total. The first-order chi connectivity index (χ1) is 6.90. The van der Waals surface area contributed by atoms with Gasteiger partial charge in [-0.05, 0) is 34.7 Å². The molecule has 14 heavy (non-hydrogen) atoms. The van der Waals surface area contributed by atoms with Crippen molar-refractivity contribution < 1.29 is 0 Å². The third-order valence-electron chi connectivity index (χ3n) is 3.19. The Bertz CT molecular complexity index is 252. The Morgan fingerprint density at radius 3 is 2.86 bits per heavy atom. The number of hydrogen-bond acceptors (Lipinski definition) is 3. The Kier molecular flexibility index (Phi) is 3.56. The van der Waals surface area contributed by atoms with Crippen LogP contribution in [0.3, 0.4) is 0 Å². The van der Waals surface area contributed by atoms with Gasteiger partial charge >= 0.3 is 0 Å². The highest BCUT2D eigenvalue weighted by Crippen LogP contribution is 2.33. The number of hydrazine groups is 1. The van der Waals surface area contributed by atoms with Gasteiger partial charge in [0.15, 0.2) is 0 Å². The van der Waals surface area contributed by atoms with E-state index >= 15 is 0 Å². The quantitative estimate of drug-likeness (QED) is 0.592. The van der Waals surface area contributed by atoms with Crippen molar-refractivity contribution in [3.63, 3.8) is 0 Å². The summed E-state index contributed by atoms with van der Waals surface area (Å²) in [6.45, 7) is 0. The molecule has 1 unspecified atom stereocenters. The monoisotopic (exact) mass is 210 g/mol. The second-order valence-electron chi connectivity index (χ2n) is 4.16. The zero-order valence-electron chi connectivity index (χ0n) is 8.41. The van der Waals surface area contributed by atoms with Crippen LogP contribution < -0.4 is 11.3 Å². The number of rotatable bonds is 4. The maximum Gasteiger partial charge on any atom is 0.0470 e. The Balaban J connectivity index is 1.93. The van der Waals surface area contributed by atoms with E-state index in [-0.39, 0.29) is 0 Å². The first-order valence-electron chi connectivity index (χ1n) is 5.38. The lowest BCUT2D eigenvalue weighted by molar-refractivity contribution is 0.401. The predicted octanol–water partition coefficient (Wildman–Crippen LogP) is 2.83. The van der Waals surface area contributed by atoms with Gasteiger partial charge in [-0.1, -0.05) is 25.7 Å². The summed E-state index contributed by atoms with van der Waals surface area (Å²) in [6, 6.07) is 2.54. The molecule has 1 aromatic heterocycles. The van der Waals surface area contributed by atoms with E-state index in [4.69, 9.17) is 5.84 Å². The molecule has 3 heteroatoms. The molecule has 0 radical (unpaired) electrons. The average Bonchev–Trinajstić information content (AvgIpc) is 2.86. The first-order valence-corrected chi connectivity index (χ1v) is 6.32. The Morgan fingerprint density at radius 2 is 2.29 bits per heavy atom. The fourth-order valence-corrected chi connectivity index (χ4v) is 3.07. The second-order valence-corrected chi connectivity index (χ2v) is 4.94. The molecule has 2 rings (SSSR count). The van der Waals surface area contributed by atoms with Crippen molar-refractivity contribution >= 4 is 11.3 Å². The Morgan fingerprint density at radius 1 is 1.50 bits per heavy atom. The summed E-state index contributed by atoms with van der Waals surface area (Å²) in [4.78, 5) is 0. The largest absolute Gasteiger partial charge is 0.271 e. The van der Waals surface area contributed by atoms with E-state index in [0.717, 1.165) is 5.92 Å². The highest BCUT2D eigenvalue weighted by molar-refractivity contribution is 7.07. The zero-order chi connectivity index (χ0) is 9.80. The van der Waals surface area contributed by atoms with Gasteiger partial charge in [0.1, 0.15) is 0 Å². The van der Waals surface area contributed by atoms with Gasteiger partial charge in [0.25, 0.3) is 0 Å². The van der Waals surface area contributed by atoms with Gasteiger partial charge in [-0.2, -0.15) is 11.3 Å². The number of nitrogens with one attached hydrogen (secondary N) is 1. The molecule has 1 saturated carbocycles. The van der Waals surface area contributed by atoms with Crippen LogP contribution in [0.15, 0.2) is 16.8 Å². The van der Waals surface area contributed by atoms with Crippen LogP contribution in [0.25, 0.3) is 0 Å². The summed E-state index contributed by atoms with van der Waals surface area (Å²) >= 11 is 1.75. The van der Waals surface area contributed by atoms with Crippen LogP contribution in [0.4, 0.5) is 0 Å². The summed E-state index contributed by atoms with van der Waals surface area (Å²) in [5, 5.41) is 4.31. The fraction of sp³-hybridized carbons (Fsp3) is 0.636. The smallest absolute Gasteiger partial charge is 0.0470 e. The molecule has 1 aromatic rings. The van der Waals surface area contributed by atoms with Crippen LogP contribution in [0.5, 0.6) is 0 Å². The molecule has 2 nitrogen and oxygen atoms in total. The lowest BCUT2D eigenvalue weighted by atomic mass is 9.95. The topological polar surface area (TPSA) is 38.0 Å². The Labute approximate surface area is 89.5 Å². The molecule has 1 aliphatic rings. The SMILES string of the molecule is NNC(CC1CCCC1)c1ccsc1. The molecular formula is C11H18N2S. The number of hydrogen-bond donors (Lipinski definition) is 2. The van der Waals surface area contributed by atoms with Gasteiger partial charge < -0.3 is 0 Å². The van der Waals surface area contributed by atoms with Crippen LogP contribution in [0, 0.1) is 5.92 Å². The van der Waals surface area contributed by atoms with Gasteiger partial charge in [-0.3, -0.25) is 11.3 Å². The number of nitrogens with two attached hydrogens (primary N) is 1. The molecule has 0 saturated heterocycles. The van der Waals surface area contributed by atoms with E-state index in [0.29, 0.717) is 6.04 Å². The van der Waals surface area contributed by atoms with Crippen molar-refractivity contribution in [2.75, 3.05) is 0 Å². The number of thiophene rings is 1. The van der Waals surface area contributed by atoms with Crippen molar-refractivity contribution in [2.45, 2.75) is 38.1 Å². The van der Waals surface area contributed by atoms with E-state index in [1.54, 1.807) is 11.3 Å². The summed E-state index contributed by atoms with van der Waals surface area (Å²) in [5.74, 6) is 6.48. The standard InChI is InChI=1S/C11H18N2S/c12-13-11(10-5-6-14-8-10)7-9-3-1-2-4-9/h5-6,8-9,11,13H,1-4,7,12H2. The van der Waals surface area contributed by atoms with Gasteiger partial charge in [0, 0.05) is 6.04 Å². The second kappa shape index (κ2) is 4.91. The Hall–Kier alpha value is -0.380. The summed E-state index contributed by atoms with van der Waals surface area (Å²) in [6.07, 6.45) is 6.80. The molecular weight excluding hydrogens is 192 g/mol. The van der Waals surface area contributed by atoms with Gasteiger partial charge in [0.05, 0.1) is 0 Å². The third-order valence-corrected chi connectivity index (χ3v) is 3.89. The van der Waals surface area contributed by atoms with Gasteiger partial charge in [-0.15, -0.1) is 0 Å². The molecule has 1 atom stereocenters. The lowest BCUT2D eigenvalue weighted by Crippen LogP contribution is -2.29. The van der Waals surface area contributed by atoms with E-state index in [1.165, 1.54) is 37.7 Å². The molecule has 78 valence electrons. The van der Waals surface area contributed by atoms with E-state index in [2.05, 4.69) is 22.3 Å². The molecule has 0 aromatic carbocycles. The minimum atomic E-state index is 0.365. The molecule has 0 spiro atoms. The van der Waals surface area contributed by atoms with Crippen LogP contribution >= 0.6 is 11.3 Å². The minimum Gasteiger partial charge on any atom is -0.271 e. The van der Waals surface area contributed by atoms with Crippen molar-refractivity contribution in [3.05, 3.63) is 22.4 Å². The maximum absolute atomic E-state index is 5.60. The molecule has 0 aliphatic heterocycles. The van der Waals surface area contributed by atoms with E-state index in [1.807, 2.05) is 0 Å². The van der Waals surface area contributed by atoms with E-state index in [9.17, 15) is 0 Å². The maximum atomic E-state index is 5.60. The van der Waals surface area contributed by atoms with Crippen molar-refractivity contribution in [2.24, 2.45) is 11.8 Å². The molecule has 0 bridgehead atoms. The normalized spacial score (nSPS) is 20.1. The third kappa shape index (κ3) is 2.35. The average molecular weight is 210 g/mol. The summed E-state index contributed by atoms with van der Waals surface area (Å²) in [5.41, 5.74) is 4.29. The highest BCUT2D eigenvalue weighted by Gasteiger charge is 2.20. The first kappa shape index (κ1) is 10.1. The fourth-order valence-electron chi connectivity index (χ4n) is 2.35. The highest BCUT2D eigenvalue weighted by atomic mass is 32.1. The zero-order valence-corrected chi connectivity index (χ0v) is 9.22. The lowest BCUT2D eigenvalue weighted by Gasteiger charge is -2.18. The van der Waals surface area contributed by atoms with Crippen molar-refractivity contribution in [3.8, 4) is 0 Å². The molecule has 1 heterocycles. The van der Waals surface area contributed by atoms with Crippen LogP contribution in [0.1, 0.15) is 43.7 Å². The van der Waals surface area contributed by atoms with Crippen LogP contribution in [-0.2, 0) is 0 Å². The minimum absolute atomic E-state index is 0.365. The van der Waals surface area contributed by atoms with Crippen molar-refractivity contribution in [1.82, 2.24) is 5.43 Å². The molecule has 1 aliphatic carbocycles. The van der Waals surface area contributed by atoms with Crippen LogP contribution in [-0.4, -0.2) is 0 Å². The van der Waals surface area contributed by atoms with Crippen LogP contribution in [0.2, 0.25) is 0 Å². The molecule has 1 fully saturated rings.